The molecule has 0 aliphatic carbocycles. The van der Waals surface area contributed by atoms with Gasteiger partial charge in [0.1, 0.15) is 0 Å². The molecule has 0 bridgehead atoms. The van der Waals surface area contributed by atoms with Crippen LogP contribution in [0, 0.1) is 5.92 Å². The molecule has 3 heterocycles. The van der Waals surface area contributed by atoms with Gasteiger partial charge in [0.05, 0.1) is 12.2 Å². The standard InChI is InChI=1S/C16H23N5O2/c1-11(2)9-16(3)10-20(6-7-23-16)14(22)12-4-5-21-13(8-12)18-15(17)19-21/h4-5,8,11H,6-7,9-10H2,1-3H3,(H2,17,19). The summed E-state index contributed by atoms with van der Waals surface area (Å²) in [7, 11) is 0. The molecule has 0 radical (unpaired) electrons. The lowest BCUT2D eigenvalue weighted by Gasteiger charge is -2.41. The van der Waals surface area contributed by atoms with Gasteiger partial charge in [0, 0.05) is 24.8 Å². The van der Waals surface area contributed by atoms with Crippen LogP contribution in [-0.2, 0) is 4.74 Å². The predicted molar refractivity (Wildman–Crippen MR) is 87.1 cm³/mol. The van der Waals surface area contributed by atoms with Crippen LogP contribution in [0.1, 0.15) is 37.6 Å². The number of anilines is 1. The average Bonchev–Trinajstić information content (AvgIpc) is 2.84. The highest BCUT2D eigenvalue weighted by Crippen LogP contribution is 2.26. The molecule has 1 aliphatic heterocycles. The molecule has 124 valence electrons. The van der Waals surface area contributed by atoms with Crippen molar-refractivity contribution in [1.82, 2.24) is 19.5 Å². The van der Waals surface area contributed by atoms with E-state index >= 15 is 0 Å². The van der Waals surface area contributed by atoms with E-state index in [4.69, 9.17) is 10.5 Å². The maximum Gasteiger partial charge on any atom is 0.254 e. The minimum atomic E-state index is -0.286. The van der Waals surface area contributed by atoms with E-state index in [1.54, 1.807) is 22.8 Å². The zero-order valence-corrected chi connectivity index (χ0v) is 13.8. The molecule has 2 N–H and O–H groups in total. The number of aromatic nitrogens is 3. The summed E-state index contributed by atoms with van der Waals surface area (Å²) < 4.78 is 7.49. The largest absolute Gasteiger partial charge is 0.372 e. The first-order valence-electron chi connectivity index (χ1n) is 7.91. The number of amides is 1. The van der Waals surface area contributed by atoms with Gasteiger partial charge in [0.2, 0.25) is 5.95 Å². The van der Waals surface area contributed by atoms with E-state index in [1.165, 1.54) is 0 Å². The molecule has 1 atom stereocenters. The Morgan fingerprint density at radius 2 is 2.30 bits per heavy atom. The normalized spacial score (nSPS) is 22.0. The van der Waals surface area contributed by atoms with Gasteiger partial charge >= 0.3 is 0 Å². The molecule has 7 nitrogen and oxygen atoms in total. The number of hydrogen-bond acceptors (Lipinski definition) is 5. The van der Waals surface area contributed by atoms with Crippen LogP contribution < -0.4 is 5.73 Å². The molecular formula is C16H23N5O2. The summed E-state index contributed by atoms with van der Waals surface area (Å²) in [5.41, 5.74) is 6.47. The number of fused-ring (bicyclic) bond motifs is 1. The van der Waals surface area contributed by atoms with Crippen molar-refractivity contribution in [3.8, 4) is 0 Å². The Hall–Kier alpha value is -2.15. The van der Waals surface area contributed by atoms with Crippen molar-refractivity contribution in [1.29, 1.82) is 0 Å². The summed E-state index contributed by atoms with van der Waals surface area (Å²) in [6.07, 6.45) is 2.64. The maximum absolute atomic E-state index is 12.8. The van der Waals surface area contributed by atoms with Gasteiger partial charge in [0.25, 0.3) is 5.91 Å². The number of pyridine rings is 1. The van der Waals surface area contributed by atoms with Crippen LogP contribution in [0.4, 0.5) is 5.95 Å². The first kappa shape index (κ1) is 15.7. The number of carbonyl (C=O) groups excluding carboxylic acids is 1. The van der Waals surface area contributed by atoms with Gasteiger partial charge in [-0.15, -0.1) is 5.10 Å². The van der Waals surface area contributed by atoms with Crippen molar-refractivity contribution in [3.63, 3.8) is 0 Å². The Labute approximate surface area is 135 Å². The van der Waals surface area contributed by atoms with Crippen molar-refractivity contribution >= 4 is 17.5 Å². The van der Waals surface area contributed by atoms with Gasteiger partial charge in [-0.25, -0.2) is 4.52 Å². The van der Waals surface area contributed by atoms with E-state index in [0.29, 0.717) is 36.8 Å². The highest BCUT2D eigenvalue weighted by Gasteiger charge is 2.35. The molecule has 7 heteroatoms. The van der Waals surface area contributed by atoms with Crippen molar-refractivity contribution in [2.24, 2.45) is 5.92 Å². The van der Waals surface area contributed by atoms with Gasteiger partial charge in [-0.2, -0.15) is 4.98 Å². The number of nitrogens with zero attached hydrogens (tertiary/aromatic N) is 4. The van der Waals surface area contributed by atoms with Crippen LogP contribution in [-0.4, -0.2) is 50.7 Å². The van der Waals surface area contributed by atoms with Crippen LogP contribution in [0.2, 0.25) is 0 Å². The van der Waals surface area contributed by atoms with E-state index in [2.05, 4.69) is 30.9 Å². The van der Waals surface area contributed by atoms with Crippen LogP contribution in [0.25, 0.3) is 5.65 Å². The Morgan fingerprint density at radius 3 is 3.04 bits per heavy atom. The molecule has 1 unspecified atom stereocenters. The Kier molecular flexibility index (Phi) is 3.97. The molecule has 1 aliphatic rings. The molecule has 1 saturated heterocycles. The molecule has 0 spiro atoms. The van der Waals surface area contributed by atoms with Gasteiger partial charge in [0.15, 0.2) is 5.65 Å². The lowest BCUT2D eigenvalue weighted by molar-refractivity contribution is -0.0979. The number of ether oxygens (including phenoxy) is 1. The zero-order valence-electron chi connectivity index (χ0n) is 13.8. The molecule has 0 aromatic carbocycles. The third kappa shape index (κ3) is 3.29. The molecule has 3 rings (SSSR count). The lowest BCUT2D eigenvalue weighted by atomic mass is 9.92. The van der Waals surface area contributed by atoms with Gasteiger partial charge in [-0.05, 0) is 31.4 Å². The fourth-order valence-electron chi connectivity index (χ4n) is 3.31. The van der Waals surface area contributed by atoms with Gasteiger partial charge < -0.3 is 15.4 Å². The van der Waals surface area contributed by atoms with Crippen molar-refractivity contribution < 1.29 is 9.53 Å². The number of morpholine rings is 1. The molecule has 23 heavy (non-hydrogen) atoms. The molecule has 2 aromatic heterocycles. The number of carbonyl (C=O) groups is 1. The average molecular weight is 317 g/mol. The number of hydrogen-bond donors (Lipinski definition) is 1. The predicted octanol–water partition coefficient (Wildman–Crippen LogP) is 1.59. The van der Waals surface area contributed by atoms with E-state index in [9.17, 15) is 4.79 Å². The second-order valence-corrected chi connectivity index (χ2v) is 6.81. The summed E-state index contributed by atoms with van der Waals surface area (Å²) in [5, 5.41) is 4.02. The fourth-order valence-corrected chi connectivity index (χ4v) is 3.31. The molecule has 1 fully saturated rings. The fraction of sp³-hybridized carbons (Fsp3) is 0.562. The highest BCUT2D eigenvalue weighted by atomic mass is 16.5. The first-order chi connectivity index (χ1) is 10.9. The van der Waals surface area contributed by atoms with Crippen molar-refractivity contribution in [2.75, 3.05) is 25.4 Å². The minimum Gasteiger partial charge on any atom is -0.372 e. The topological polar surface area (TPSA) is 85.8 Å². The summed E-state index contributed by atoms with van der Waals surface area (Å²) in [6.45, 7) is 8.18. The smallest absolute Gasteiger partial charge is 0.254 e. The van der Waals surface area contributed by atoms with E-state index in [-0.39, 0.29) is 17.5 Å². The third-order valence-electron chi connectivity index (χ3n) is 4.07. The summed E-state index contributed by atoms with van der Waals surface area (Å²) in [4.78, 5) is 18.8. The van der Waals surface area contributed by atoms with Gasteiger partial charge in [-0.1, -0.05) is 13.8 Å². The highest BCUT2D eigenvalue weighted by molar-refractivity contribution is 5.95. The minimum absolute atomic E-state index is 0.00708. The van der Waals surface area contributed by atoms with Crippen molar-refractivity contribution in [2.45, 2.75) is 32.8 Å². The Bertz CT molecular complexity index is 726. The molecule has 0 saturated carbocycles. The van der Waals surface area contributed by atoms with E-state index in [1.807, 2.05) is 4.90 Å². The quantitative estimate of drug-likeness (QED) is 0.929. The number of nitrogens with two attached hydrogens (primary N) is 1. The van der Waals surface area contributed by atoms with Crippen LogP contribution in [0.5, 0.6) is 0 Å². The first-order valence-corrected chi connectivity index (χ1v) is 7.91. The van der Waals surface area contributed by atoms with Gasteiger partial charge in [-0.3, -0.25) is 4.79 Å². The summed E-state index contributed by atoms with van der Waals surface area (Å²) in [6, 6.07) is 3.47. The van der Waals surface area contributed by atoms with E-state index in [0.717, 1.165) is 6.42 Å². The zero-order chi connectivity index (χ0) is 16.6. The number of nitrogen functional groups attached to an aromatic ring is 1. The monoisotopic (exact) mass is 317 g/mol. The van der Waals surface area contributed by atoms with E-state index < -0.39 is 0 Å². The number of rotatable bonds is 3. The van der Waals surface area contributed by atoms with Crippen LogP contribution in [0.15, 0.2) is 18.3 Å². The second kappa shape index (κ2) is 5.81. The molecule has 1 amide bonds. The SMILES string of the molecule is CC(C)CC1(C)CN(C(=O)c2ccn3nc(N)nc3c2)CCO1. The van der Waals surface area contributed by atoms with Crippen molar-refractivity contribution in [3.05, 3.63) is 23.9 Å². The molecular weight excluding hydrogens is 294 g/mol. The second-order valence-electron chi connectivity index (χ2n) is 6.81. The summed E-state index contributed by atoms with van der Waals surface area (Å²) in [5.74, 6) is 0.711. The Morgan fingerprint density at radius 1 is 1.52 bits per heavy atom. The Balaban J connectivity index is 1.80. The third-order valence-corrected chi connectivity index (χ3v) is 4.07. The van der Waals surface area contributed by atoms with Crippen LogP contribution >= 0.6 is 0 Å². The molecule has 2 aromatic rings. The van der Waals surface area contributed by atoms with Crippen LogP contribution in [0.3, 0.4) is 0 Å². The summed E-state index contributed by atoms with van der Waals surface area (Å²) >= 11 is 0. The maximum atomic E-state index is 12.8. The lowest BCUT2D eigenvalue weighted by Crippen LogP contribution is -2.52.